The first-order chi connectivity index (χ1) is 11.2. The van der Waals surface area contributed by atoms with Gasteiger partial charge in [0.25, 0.3) is 0 Å². The van der Waals surface area contributed by atoms with Gasteiger partial charge < -0.3 is 9.52 Å². The fraction of sp³-hybridized carbons (Fsp3) is 0.556. The quantitative estimate of drug-likeness (QED) is 0.912. The van der Waals surface area contributed by atoms with Gasteiger partial charge in [0, 0.05) is 44.9 Å². The highest BCUT2D eigenvalue weighted by molar-refractivity contribution is 5.67. The van der Waals surface area contributed by atoms with Crippen molar-refractivity contribution in [2.45, 2.75) is 33.7 Å². The first-order valence-corrected chi connectivity index (χ1v) is 8.28. The van der Waals surface area contributed by atoms with Crippen LogP contribution in [0, 0.1) is 18.3 Å². The van der Waals surface area contributed by atoms with E-state index < -0.39 is 5.97 Å². The van der Waals surface area contributed by atoms with E-state index in [9.17, 15) is 4.79 Å². The summed E-state index contributed by atoms with van der Waals surface area (Å²) in [6.07, 6.45) is 2.24. The molecule has 0 bridgehead atoms. The molecule has 1 aliphatic rings. The molecule has 1 unspecified atom stereocenters. The van der Waals surface area contributed by atoms with Crippen LogP contribution in [0.5, 0.6) is 0 Å². The Hall–Kier alpha value is -2.08. The van der Waals surface area contributed by atoms with Gasteiger partial charge in [-0.05, 0) is 30.4 Å². The van der Waals surface area contributed by atoms with Crippen molar-refractivity contribution in [2.24, 2.45) is 18.4 Å². The Bertz CT molecular complexity index is 745. The van der Waals surface area contributed by atoms with Crippen molar-refractivity contribution in [2.75, 3.05) is 13.1 Å². The Kier molecular flexibility index (Phi) is 4.25. The monoisotopic (exact) mass is 331 g/mol. The molecule has 0 aliphatic carbocycles. The van der Waals surface area contributed by atoms with Crippen molar-refractivity contribution < 1.29 is 14.3 Å². The van der Waals surface area contributed by atoms with Crippen LogP contribution in [-0.2, 0) is 18.4 Å². The van der Waals surface area contributed by atoms with Gasteiger partial charge in [-0.2, -0.15) is 5.10 Å². The molecule has 2 aromatic rings. The maximum atomic E-state index is 11.1. The van der Waals surface area contributed by atoms with Crippen molar-refractivity contribution in [3.8, 4) is 11.5 Å². The molecule has 1 aliphatic heterocycles. The molecule has 1 N–H and O–H groups in total. The van der Waals surface area contributed by atoms with Gasteiger partial charge in [-0.25, -0.2) is 0 Å². The number of rotatable bonds is 5. The van der Waals surface area contributed by atoms with Crippen LogP contribution >= 0.6 is 0 Å². The highest BCUT2D eigenvalue weighted by Crippen LogP contribution is 2.38. The summed E-state index contributed by atoms with van der Waals surface area (Å²) in [6.45, 7) is 8.66. The van der Waals surface area contributed by atoms with Crippen LogP contribution in [0.2, 0.25) is 0 Å². The Balaban J connectivity index is 1.79. The Morgan fingerprint density at radius 1 is 1.46 bits per heavy atom. The SMILES string of the molecule is Cc1ccc(-c2nn(C)cc2CN2CC(CC(=O)O)C(C)(C)C2)o1. The zero-order chi connectivity index (χ0) is 17.5. The summed E-state index contributed by atoms with van der Waals surface area (Å²) in [5.74, 6) is 1.10. The van der Waals surface area contributed by atoms with Gasteiger partial charge >= 0.3 is 5.97 Å². The summed E-state index contributed by atoms with van der Waals surface area (Å²) in [7, 11) is 1.91. The Morgan fingerprint density at radius 2 is 2.21 bits per heavy atom. The van der Waals surface area contributed by atoms with Crippen LogP contribution in [-0.4, -0.2) is 38.8 Å². The molecular weight excluding hydrogens is 306 g/mol. The predicted octanol–water partition coefficient (Wildman–Crippen LogP) is 2.92. The van der Waals surface area contributed by atoms with Crippen LogP contribution in [0.25, 0.3) is 11.5 Å². The lowest BCUT2D eigenvalue weighted by molar-refractivity contribution is -0.138. The van der Waals surface area contributed by atoms with Gasteiger partial charge in [0.1, 0.15) is 11.5 Å². The van der Waals surface area contributed by atoms with Crippen molar-refractivity contribution in [3.05, 3.63) is 29.7 Å². The number of aromatic nitrogens is 2. The van der Waals surface area contributed by atoms with Gasteiger partial charge in [-0.3, -0.25) is 14.4 Å². The van der Waals surface area contributed by atoms with Gasteiger partial charge in [-0.1, -0.05) is 13.8 Å². The fourth-order valence-electron chi connectivity index (χ4n) is 3.66. The van der Waals surface area contributed by atoms with Crippen molar-refractivity contribution in [1.82, 2.24) is 14.7 Å². The minimum atomic E-state index is -0.719. The third-order valence-corrected chi connectivity index (χ3v) is 4.91. The number of carbonyl (C=O) groups is 1. The molecular formula is C18H25N3O3. The Morgan fingerprint density at radius 3 is 2.83 bits per heavy atom. The molecule has 0 radical (unpaired) electrons. The minimum Gasteiger partial charge on any atom is -0.481 e. The van der Waals surface area contributed by atoms with Crippen LogP contribution in [0.4, 0.5) is 0 Å². The van der Waals surface area contributed by atoms with E-state index in [1.807, 2.05) is 32.3 Å². The maximum absolute atomic E-state index is 11.1. The highest BCUT2D eigenvalue weighted by Gasteiger charge is 2.40. The number of likely N-dealkylation sites (tertiary alicyclic amines) is 1. The molecule has 1 fully saturated rings. The summed E-state index contributed by atoms with van der Waals surface area (Å²) < 4.78 is 7.53. The lowest BCUT2D eigenvalue weighted by Gasteiger charge is -2.24. The smallest absolute Gasteiger partial charge is 0.303 e. The Labute approximate surface area is 142 Å². The summed E-state index contributed by atoms with van der Waals surface area (Å²) in [6, 6.07) is 3.89. The number of aryl methyl sites for hydroxylation is 2. The molecule has 0 aromatic carbocycles. The minimum absolute atomic E-state index is 0.00202. The zero-order valence-electron chi connectivity index (χ0n) is 14.7. The zero-order valence-corrected chi connectivity index (χ0v) is 14.7. The molecule has 0 amide bonds. The first kappa shape index (κ1) is 16.8. The molecule has 6 heteroatoms. The molecule has 24 heavy (non-hydrogen) atoms. The summed E-state index contributed by atoms with van der Waals surface area (Å²) in [4.78, 5) is 13.4. The van der Waals surface area contributed by atoms with E-state index in [1.54, 1.807) is 4.68 Å². The summed E-state index contributed by atoms with van der Waals surface area (Å²) in [5.41, 5.74) is 1.98. The number of carboxylic acid groups (broad SMARTS) is 1. The lowest BCUT2D eigenvalue weighted by Crippen LogP contribution is -2.24. The fourth-order valence-corrected chi connectivity index (χ4v) is 3.66. The van der Waals surface area contributed by atoms with E-state index in [0.29, 0.717) is 0 Å². The number of hydrogen-bond acceptors (Lipinski definition) is 4. The normalized spacial score (nSPS) is 20.6. The van der Waals surface area contributed by atoms with Crippen LogP contribution < -0.4 is 0 Å². The van der Waals surface area contributed by atoms with E-state index >= 15 is 0 Å². The largest absolute Gasteiger partial charge is 0.481 e. The summed E-state index contributed by atoms with van der Waals surface area (Å²) >= 11 is 0. The molecule has 3 heterocycles. The molecule has 0 saturated carbocycles. The van der Waals surface area contributed by atoms with Crippen molar-refractivity contribution >= 4 is 5.97 Å². The van der Waals surface area contributed by atoms with Crippen LogP contribution in [0.15, 0.2) is 22.7 Å². The van der Waals surface area contributed by atoms with E-state index in [0.717, 1.165) is 42.4 Å². The van der Waals surface area contributed by atoms with E-state index in [-0.39, 0.29) is 17.8 Å². The molecule has 3 rings (SSSR count). The number of carboxylic acids is 1. The highest BCUT2D eigenvalue weighted by atomic mass is 16.4. The van der Waals surface area contributed by atoms with Crippen LogP contribution in [0.3, 0.4) is 0 Å². The molecule has 6 nitrogen and oxygen atoms in total. The van der Waals surface area contributed by atoms with Gasteiger partial charge in [0.2, 0.25) is 0 Å². The van der Waals surface area contributed by atoms with Gasteiger partial charge in [0.05, 0.1) is 0 Å². The summed E-state index contributed by atoms with van der Waals surface area (Å²) in [5, 5.41) is 13.7. The lowest BCUT2D eigenvalue weighted by atomic mass is 9.80. The molecule has 2 aromatic heterocycles. The predicted molar refractivity (Wildman–Crippen MR) is 90.4 cm³/mol. The average molecular weight is 331 g/mol. The topological polar surface area (TPSA) is 71.5 Å². The van der Waals surface area contributed by atoms with E-state index in [2.05, 4.69) is 23.8 Å². The third kappa shape index (κ3) is 3.38. The average Bonchev–Trinajstić information content (AvgIpc) is 3.09. The van der Waals surface area contributed by atoms with Gasteiger partial charge in [0.15, 0.2) is 5.76 Å². The number of aliphatic carboxylic acids is 1. The van der Waals surface area contributed by atoms with Crippen molar-refractivity contribution in [1.29, 1.82) is 0 Å². The van der Waals surface area contributed by atoms with Crippen molar-refractivity contribution in [3.63, 3.8) is 0 Å². The second-order valence-corrected chi connectivity index (χ2v) is 7.54. The second kappa shape index (κ2) is 6.09. The standard InChI is InChI=1S/C18H25N3O3/c1-12-5-6-15(24-12)17-13(8-20(4)19-17)9-21-10-14(7-16(22)23)18(2,3)11-21/h5-6,8,14H,7,9-11H2,1-4H3,(H,22,23). The van der Waals surface area contributed by atoms with Gasteiger partial charge in [-0.15, -0.1) is 0 Å². The molecule has 130 valence electrons. The number of hydrogen-bond donors (Lipinski definition) is 1. The maximum Gasteiger partial charge on any atom is 0.303 e. The number of furan rings is 1. The van der Waals surface area contributed by atoms with E-state index in [4.69, 9.17) is 9.52 Å². The molecule has 0 spiro atoms. The number of nitrogens with zero attached hydrogens (tertiary/aromatic N) is 3. The second-order valence-electron chi connectivity index (χ2n) is 7.54. The third-order valence-electron chi connectivity index (χ3n) is 4.91. The first-order valence-electron chi connectivity index (χ1n) is 8.28. The molecule has 1 atom stereocenters. The molecule has 1 saturated heterocycles. The van der Waals surface area contributed by atoms with E-state index in [1.165, 1.54) is 0 Å². The van der Waals surface area contributed by atoms with Crippen LogP contribution in [0.1, 0.15) is 31.6 Å².